The fourth-order valence-corrected chi connectivity index (χ4v) is 3.91. The molecular formula is C12H14FNO4S. The van der Waals surface area contributed by atoms with E-state index in [9.17, 15) is 17.6 Å². The maximum absolute atomic E-state index is 13.2. The zero-order valence-electron chi connectivity index (χ0n) is 10.3. The van der Waals surface area contributed by atoms with Crippen LogP contribution in [0.25, 0.3) is 0 Å². The van der Waals surface area contributed by atoms with Gasteiger partial charge in [-0.1, -0.05) is 6.92 Å². The fourth-order valence-electron chi connectivity index (χ4n) is 2.14. The van der Waals surface area contributed by atoms with Gasteiger partial charge in [-0.3, -0.25) is 0 Å². The molecule has 1 aromatic carbocycles. The zero-order valence-corrected chi connectivity index (χ0v) is 11.2. The minimum atomic E-state index is -3.96. The van der Waals surface area contributed by atoms with Crippen molar-refractivity contribution in [2.75, 3.05) is 13.1 Å². The number of benzene rings is 1. The zero-order chi connectivity index (χ0) is 14.2. The van der Waals surface area contributed by atoms with Crippen LogP contribution < -0.4 is 0 Å². The van der Waals surface area contributed by atoms with E-state index in [1.807, 2.05) is 6.92 Å². The SMILES string of the molecule is CC1CCN(S(=O)(=O)c2cc(F)ccc2C(=O)O)C1. The molecule has 0 spiro atoms. The Kier molecular flexibility index (Phi) is 3.60. The van der Waals surface area contributed by atoms with E-state index in [-0.39, 0.29) is 5.92 Å². The van der Waals surface area contributed by atoms with Crippen molar-refractivity contribution in [2.24, 2.45) is 5.92 Å². The molecule has 0 aromatic heterocycles. The van der Waals surface area contributed by atoms with Crippen molar-refractivity contribution in [2.45, 2.75) is 18.2 Å². The Labute approximate surface area is 110 Å². The van der Waals surface area contributed by atoms with E-state index in [4.69, 9.17) is 5.11 Å². The Balaban J connectivity index is 2.51. The largest absolute Gasteiger partial charge is 0.478 e. The van der Waals surface area contributed by atoms with Crippen LogP contribution in [0.5, 0.6) is 0 Å². The summed E-state index contributed by atoms with van der Waals surface area (Å²) in [5, 5.41) is 9.01. The van der Waals surface area contributed by atoms with Gasteiger partial charge in [-0.2, -0.15) is 4.31 Å². The molecule has 1 atom stereocenters. The third-order valence-corrected chi connectivity index (χ3v) is 5.08. The van der Waals surface area contributed by atoms with Gasteiger partial charge in [-0.05, 0) is 30.5 Å². The predicted molar refractivity (Wildman–Crippen MR) is 65.9 cm³/mol. The summed E-state index contributed by atoms with van der Waals surface area (Å²) in [4.78, 5) is 10.6. The Bertz CT molecular complexity index is 614. The quantitative estimate of drug-likeness (QED) is 0.915. The second-order valence-corrected chi connectivity index (χ2v) is 6.61. The summed E-state index contributed by atoms with van der Waals surface area (Å²) in [6.07, 6.45) is 0.719. The van der Waals surface area contributed by atoms with Crippen LogP contribution in [-0.2, 0) is 10.0 Å². The molecule has 1 aliphatic heterocycles. The van der Waals surface area contributed by atoms with Gasteiger partial charge in [0.25, 0.3) is 0 Å². The third-order valence-electron chi connectivity index (χ3n) is 3.18. The summed E-state index contributed by atoms with van der Waals surface area (Å²) >= 11 is 0. The van der Waals surface area contributed by atoms with E-state index in [1.54, 1.807) is 0 Å². The van der Waals surface area contributed by atoms with Crippen molar-refractivity contribution in [3.05, 3.63) is 29.6 Å². The number of carboxylic acids is 1. The van der Waals surface area contributed by atoms with E-state index in [0.717, 1.165) is 24.6 Å². The predicted octanol–water partition coefficient (Wildman–Crippen LogP) is 1.55. The van der Waals surface area contributed by atoms with Crippen LogP contribution in [0.4, 0.5) is 4.39 Å². The first-order chi connectivity index (χ1) is 8.82. The highest BCUT2D eigenvalue weighted by atomic mass is 32.2. The number of aromatic carboxylic acids is 1. The molecule has 1 aliphatic rings. The van der Waals surface area contributed by atoms with Gasteiger partial charge in [0, 0.05) is 13.1 Å². The van der Waals surface area contributed by atoms with Crippen LogP contribution in [0.2, 0.25) is 0 Å². The minimum absolute atomic E-state index is 0.219. The van der Waals surface area contributed by atoms with Crippen molar-refractivity contribution in [3.63, 3.8) is 0 Å². The Hall–Kier alpha value is -1.47. The van der Waals surface area contributed by atoms with Gasteiger partial charge in [-0.15, -0.1) is 0 Å². The number of carboxylic acid groups (broad SMARTS) is 1. The lowest BCUT2D eigenvalue weighted by molar-refractivity contribution is 0.0692. The van der Waals surface area contributed by atoms with Crippen LogP contribution in [0, 0.1) is 11.7 Å². The number of rotatable bonds is 3. The first-order valence-corrected chi connectivity index (χ1v) is 7.29. The maximum atomic E-state index is 13.2. The average Bonchev–Trinajstić information content (AvgIpc) is 2.76. The molecule has 7 heteroatoms. The smallest absolute Gasteiger partial charge is 0.337 e. The van der Waals surface area contributed by atoms with Crippen LogP contribution >= 0.6 is 0 Å². The lowest BCUT2D eigenvalue weighted by Gasteiger charge is -2.17. The normalized spacial score (nSPS) is 20.6. The first-order valence-electron chi connectivity index (χ1n) is 5.85. The molecule has 0 aliphatic carbocycles. The molecule has 1 aromatic rings. The molecule has 1 heterocycles. The number of halogens is 1. The fraction of sp³-hybridized carbons (Fsp3) is 0.417. The van der Waals surface area contributed by atoms with Gasteiger partial charge in [0.05, 0.1) is 10.5 Å². The van der Waals surface area contributed by atoms with Gasteiger partial charge < -0.3 is 5.11 Å². The highest BCUT2D eigenvalue weighted by molar-refractivity contribution is 7.89. The summed E-state index contributed by atoms with van der Waals surface area (Å²) in [7, 11) is -3.96. The Morgan fingerprint density at radius 3 is 2.68 bits per heavy atom. The van der Waals surface area contributed by atoms with Gasteiger partial charge in [0.2, 0.25) is 10.0 Å². The van der Waals surface area contributed by atoms with Crippen molar-refractivity contribution >= 4 is 16.0 Å². The summed E-state index contributed by atoms with van der Waals surface area (Å²) in [6, 6.07) is 2.68. The minimum Gasteiger partial charge on any atom is -0.478 e. The highest BCUT2D eigenvalue weighted by Gasteiger charge is 2.33. The van der Waals surface area contributed by atoms with E-state index in [1.165, 1.54) is 4.31 Å². The number of nitrogens with zero attached hydrogens (tertiary/aromatic N) is 1. The third kappa shape index (κ3) is 2.62. The van der Waals surface area contributed by atoms with E-state index >= 15 is 0 Å². The molecule has 5 nitrogen and oxygen atoms in total. The summed E-state index contributed by atoms with van der Waals surface area (Å²) in [5.74, 6) is -1.93. The van der Waals surface area contributed by atoms with Crippen LogP contribution in [0.1, 0.15) is 23.7 Å². The molecule has 19 heavy (non-hydrogen) atoms. The van der Waals surface area contributed by atoms with Crippen molar-refractivity contribution in [1.29, 1.82) is 0 Å². The topological polar surface area (TPSA) is 74.7 Å². The van der Waals surface area contributed by atoms with Crippen LogP contribution in [0.3, 0.4) is 0 Å². The molecule has 0 radical (unpaired) electrons. The van der Waals surface area contributed by atoms with E-state index in [0.29, 0.717) is 13.1 Å². The van der Waals surface area contributed by atoms with Crippen LogP contribution in [0.15, 0.2) is 23.1 Å². The van der Waals surface area contributed by atoms with E-state index < -0.39 is 32.3 Å². The van der Waals surface area contributed by atoms with Gasteiger partial charge in [-0.25, -0.2) is 17.6 Å². The first kappa shape index (κ1) is 14.0. The molecule has 1 unspecified atom stereocenters. The summed E-state index contributed by atoms with van der Waals surface area (Å²) < 4.78 is 39.1. The van der Waals surface area contributed by atoms with Crippen molar-refractivity contribution < 1.29 is 22.7 Å². The Morgan fingerprint density at radius 1 is 1.47 bits per heavy atom. The van der Waals surface area contributed by atoms with Crippen LogP contribution in [-0.4, -0.2) is 36.9 Å². The van der Waals surface area contributed by atoms with Gasteiger partial charge in [0.15, 0.2) is 0 Å². The molecule has 1 N–H and O–H groups in total. The second-order valence-electron chi connectivity index (χ2n) is 4.70. The van der Waals surface area contributed by atoms with E-state index in [2.05, 4.69) is 0 Å². The average molecular weight is 287 g/mol. The number of sulfonamides is 1. The molecule has 104 valence electrons. The molecule has 1 saturated heterocycles. The van der Waals surface area contributed by atoms with Crippen molar-refractivity contribution in [3.8, 4) is 0 Å². The summed E-state index contributed by atoms with van der Waals surface area (Å²) in [6.45, 7) is 2.58. The molecule has 0 saturated carbocycles. The van der Waals surface area contributed by atoms with Crippen molar-refractivity contribution in [1.82, 2.24) is 4.31 Å². The molecular weight excluding hydrogens is 273 g/mol. The monoisotopic (exact) mass is 287 g/mol. The number of hydrogen-bond donors (Lipinski definition) is 1. The van der Waals surface area contributed by atoms with Gasteiger partial charge in [0.1, 0.15) is 5.82 Å². The number of hydrogen-bond acceptors (Lipinski definition) is 3. The standard InChI is InChI=1S/C12H14FNO4S/c1-8-4-5-14(7-8)19(17,18)11-6-9(13)2-3-10(11)12(15)16/h2-3,6,8H,4-5,7H2,1H3,(H,15,16). The molecule has 1 fully saturated rings. The summed E-state index contributed by atoms with van der Waals surface area (Å²) in [5.41, 5.74) is -0.402. The molecule has 2 rings (SSSR count). The molecule has 0 amide bonds. The maximum Gasteiger partial charge on any atom is 0.337 e. The lowest BCUT2D eigenvalue weighted by atomic mass is 10.2. The number of carbonyl (C=O) groups is 1. The van der Waals surface area contributed by atoms with Gasteiger partial charge >= 0.3 is 5.97 Å². The highest BCUT2D eigenvalue weighted by Crippen LogP contribution is 2.26. The lowest BCUT2D eigenvalue weighted by Crippen LogP contribution is -2.30. The molecule has 0 bridgehead atoms. The second kappa shape index (κ2) is 4.90. The Morgan fingerprint density at radius 2 is 2.16 bits per heavy atom.